The second kappa shape index (κ2) is 6.20. The molecule has 0 spiro atoms. The maximum absolute atomic E-state index is 12.6. The van der Waals surface area contributed by atoms with Crippen molar-refractivity contribution < 1.29 is 24.1 Å². The van der Waals surface area contributed by atoms with E-state index in [4.69, 9.17) is 9.84 Å². The summed E-state index contributed by atoms with van der Waals surface area (Å²) in [5.74, 6) is -1.22. The van der Waals surface area contributed by atoms with Gasteiger partial charge in [0.15, 0.2) is 0 Å². The molecule has 0 aliphatic carbocycles. The lowest BCUT2D eigenvalue weighted by molar-refractivity contribution is -0.140. The Morgan fingerprint density at radius 1 is 1.41 bits per heavy atom. The second-order valence-corrected chi connectivity index (χ2v) is 3.91. The maximum Gasteiger partial charge on any atom is 0.305 e. The molecule has 0 heterocycles. The van der Waals surface area contributed by atoms with Gasteiger partial charge >= 0.3 is 5.97 Å². The lowest BCUT2D eigenvalue weighted by Gasteiger charge is -2.17. The summed E-state index contributed by atoms with van der Waals surface area (Å²) in [5, 5.41) is 18.0. The topological polar surface area (TPSA) is 66.8 Å². The zero-order chi connectivity index (χ0) is 12.8. The number of ether oxygens (including phenoxy) is 1. The third-order valence-electron chi connectivity index (χ3n) is 2.37. The summed E-state index contributed by atoms with van der Waals surface area (Å²) in [5.41, 5.74) is 0. The van der Waals surface area contributed by atoms with Crippen LogP contribution in [0.3, 0.4) is 0 Å². The van der Waals surface area contributed by atoms with Crippen LogP contribution in [0.4, 0.5) is 4.39 Å². The molecular formula is C12H15FO4. The molecule has 0 amide bonds. The first-order chi connectivity index (χ1) is 7.99. The number of carboxylic acids is 1. The first-order valence-electron chi connectivity index (χ1n) is 5.27. The quantitative estimate of drug-likeness (QED) is 0.796. The third kappa shape index (κ3) is 4.82. The molecule has 5 heteroatoms. The van der Waals surface area contributed by atoms with Crippen molar-refractivity contribution in [1.29, 1.82) is 0 Å². The van der Waals surface area contributed by atoms with E-state index in [-0.39, 0.29) is 24.8 Å². The van der Waals surface area contributed by atoms with Gasteiger partial charge in [-0.15, -0.1) is 0 Å². The molecule has 1 aromatic rings. The molecule has 1 aromatic carbocycles. The van der Waals surface area contributed by atoms with Crippen LogP contribution in [-0.4, -0.2) is 28.9 Å². The predicted molar refractivity (Wildman–Crippen MR) is 59.3 cm³/mol. The van der Waals surface area contributed by atoms with Gasteiger partial charge in [0.1, 0.15) is 11.6 Å². The molecule has 1 rings (SSSR count). The van der Waals surface area contributed by atoms with Crippen molar-refractivity contribution in [3.05, 3.63) is 30.1 Å². The number of hydrogen-bond acceptors (Lipinski definition) is 3. The SMILES string of the molecule is CC(COc1ccc(F)cc1)C(O)CC(=O)O. The summed E-state index contributed by atoms with van der Waals surface area (Å²) >= 11 is 0. The number of carbonyl (C=O) groups is 1. The van der Waals surface area contributed by atoms with Crippen LogP contribution in [0.15, 0.2) is 24.3 Å². The standard InChI is InChI=1S/C12H15FO4/c1-8(11(14)6-12(15)16)7-17-10-4-2-9(13)3-5-10/h2-5,8,11,14H,6-7H2,1H3,(H,15,16). The summed E-state index contributed by atoms with van der Waals surface area (Å²) in [4.78, 5) is 10.4. The second-order valence-electron chi connectivity index (χ2n) is 3.91. The number of rotatable bonds is 6. The van der Waals surface area contributed by atoms with Gasteiger partial charge in [0.05, 0.1) is 19.1 Å². The van der Waals surface area contributed by atoms with Crippen molar-refractivity contribution in [3.8, 4) is 5.75 Å². The average Bonchev–Trinajstić information content (AvgIpc) is 2.27. The Morgan fingerprint density at radius 2 is 2.00 bits per heavy atom. The number of aliphatic hydroxyl groups excluding tert-OH is 1. The van der Waals surface area contributed by atoms with Crippen LogP contribution in [0.2, 0.25) is 0 Å². The molecule has 0 aliphatic rings. The number of benzene rings is 1. The highest BCUT2D eigenvalue weighted by molar-refractivity contribution is 5.67. The van der Waals surface area contributed by atoms with E-state index in [1.807, 2.05) is 0 Å². The Labute approximate surface area is 98.7 Å². The number of halogens is 1. The van der Waals surface area contributed by atoms with Crippen molar-refractivity contribution in [1.82, 2.24) is 0 Å². The van der Waals surface area contributed by atoms with Crippen molar-refractivity contribution in [2.24, 2.45) is 5.92 Å². The van der Waals surface area contributed by atoms with Crippen LogP contribution < -0.4 is 4.74 Å². The van der Waals surface area contributed by atoms with E-state index < -0.39 is 12.1 Å². The number of aliphatic hydroxyl groups is 1. The number of aliphatic carboxylic acids is 1. The molecule has 0 saturated heterocycles. The van der Waals surface area contributed by atoms with Crippen LogP contribution in [0, 0.1) is 11.7 Å². The lowest BCUT2D eigenvalue weighted by Crippen LogP contribution is -2.26. The van der Waals surface area contributed by atoms with Gasteiger partial charge in [0.25, 0.3) is 0 Å². The molecule has 2 unspecified atom stereocenters. The highest BCUT2D eigenvalue weighted by Crippen LogP contribution is 2.14. The molecular weight excluding hydrogens is 227 g/mol. The van der Waals surface area contributed by atoms with Crippen LogP contribution in [-0.2, 0) is 4.79 Å². The Kier molecular flexibility index (Phi) is 4.90. The molecule has 94 valence electrons. The molecule has 0 fully saturated rings. The van der Waals surface area contributed by atoms with Crippen LogP contribution in [0.1, 0.15) is 13.3 Å². The van der Waals surface area contributed by atoms with Crippen molar-refractivity contribution in [2.75, 3.05) is 6.61 Å². The normalized spacial score (nSPS) is 14.1. The predicted octanol–water partition coefficient (Wildman–Crippen LogP) is 1.68. The summed E-state index contributed by atoms with van der Waals surface area (Å²) in [6, 6.07) is 5.50. The first-order valence-corrected chi connectivity index (χ1v) is 5.27. The fourth-order valence-electron chi connectivity index (χ4n) is 1.25. The number of hydrogen-bond donors (Lipinski definition) is 2. The highest BCUT2D eigenvalue weighted by Gasteiger charge is 2.18. The van der Waals surface area contributed by atoms with Gasteiger partial charge in [-0.25, -0.2) is 4.39 Å². The van der Waals surface area contributed by atoms with Gasteiger partial charge in [-0.1, -0.05) is 6.92 Å². The Hall–Kier alpha value is -1.62. The van der Waals surface area contributed by atoms with E-state index in [9.17, 15) is 14.3 Å². The Balaban J connectivity index is 2.39. The minimum absolute atomic E-state index is 0.181. The fourth-order valence-corrected chi connectivity index (χ4v) is 1.25. The Bertz CT molecular complexity index is 363. The van der Waals surface area contributed by atoms with Crippen molar-refractivity contribution in [2.45, 2.75) is 19.4 Å². The molecule has 2 atom stereocenters. The van der Waals surface area contributed by atoms with Gasteiger partial charge in [0.2, 0.25) is 0 Å². The molecule has 4 nitrogen and oxygen atoms in total. The van der Waals surface area contributed by atoms with Gasteiger partial charge in [-0.05, 0) is 24.3 Å². The molecule has 0 aromatic heterocycles. The van der Waals surface area contributed by atoms with E-state index in [1.165, 1.54) is 24.3 Å². The van der Waals surface area contributed by atoms with Crippen molar-refractivity contribution in [3.63, 3.8) is 0 Å². The van der Waals surface area contributed by atoms with E-state index in [0.29, 0.717) is 5.75 Å². The zero-order valence-electron chi connectivity index (χ0n) is 9.47. The number of carboxylic acid groups (broad SMARTS) is 1. The van der Waals surface area contributed by atoms with Gasteiger partial charge in [0, 0.05) is 5.92 Å². The summed E-state index contributed by atoms with van der Waals surface area (Å²) in [7, 11) is 0. The van der Waals surface area contributed by atoms with Gasteiger partial charge < -0.3 is 14.9 Å². The largest absolute Gasteiger partial charge is 0.493 e. The molecule has 0 radical (unpaired) electrons. The van der Waals surface area contributed by atoms with E-state index >= 15 is 0 Å². The minimum Gasteiger partial charge on any atom is -0.493 e. The lowest BCUT2D eigenvalue weighted by atomic mass is 10.0. The van der Waals surface area contributed by atoms with Crippen LogP contribution in [0.25, 0.3) is 0 Å². The van der Waals surface area contributed by atoms with E-state index in [0.717, 1.165) is 0 Å². The van der Waals surface area contributed by atoms with Crippen LogP contribution >= 0.6 is 0 Å². The maximum atomic E-state index is 12.6. The zero-order valence-corrected chi connectivity index (χ0v) is 9.47. The third-order valence-corrected chi connectivity index (χ3v) is 2.37. The fraction of sp³-hybridized carbons (Fsp3) is 0.417. The molecule has 0 saturated carbocycles. The van der Waals surface area contributed by atoms with E-state index in [2.05, 4.69) is 0 Å². The summed E-state index contributed by atoms with van der Waals surface area (Å²) in [6.45, 7) is 1.87. The van der Waals surface area contributed by atoms with Crippen LogP contribution in [0.5, 0.6) is 5.75 Å². The van der Waals surface area contributed by atoms with E-state index in [1.54, 1.807) is 6.92 Å². The highest BCUT2D eigenvalue weighted by atomic mass is 19.1. The van der Waals surface area contributed by atoms with Gasteiger partial charge in [-0.3, -0.25) is 4.79 Å². The molecule has 0 bridgehead atoms. The molecule has 17 heavy (non-hydrogen) atoms. The van der Waals surface area contributed by atoms with Crippen molar-refractivity contribution >= 4 is 5.97 Å². The summed E-state index contributed by atoms with van der Waals surface area (Å²) < 4.78 is 17.9. The minimum atomic E-state index is -1.05. The monoisotopic (exact) mass is 242 g/mol. The first kappa shape index (κ1) is 13.4. The average molecular weight is 242 g/mol. The molecule has 2 N–H and O–H groups in total. The molecule has 0 aliphatic heterocycles. The summed E-state index contributed by atoms with van der Waals surface area (Å²) in [6.07, 6.45) is -1.26. The Morgan fingerprint density at radius 3 is 2.53 bits per heavy atom. The smallest absolute Gasteiger partial charge is 0.305 e. The van der Waals surface area contributed by atoms with Gasteiger partial charge in [-0.2, -0.15) is 0 Å².